The van der Waals surface area contributed by atoms with Crippen LogP contribution < -0.4 is 10.2 Å². The van der Waals surface area contributed by atoms with Crippen molar-refractivity contribution in [1.29, 1.82) is 0 Å². The molecule has 7 nitrogen and oxygen atoms in total. The van der Waals surface area contributed by atoms with E-state index in [4.69, 9.17) is 13.9 Å². The number of benzene rings is 2. The molecule has 30 heavy (non-hydrogen) atoms. The van der Waals surface area contributed by atoms with Crippen molar-refractivity contribution < 1.29 is 23.5 Å². The third kappa shape index (κ3) is 5.57. The summed E-state index contributed by atoms with van der Waals surface area (Å²) in [5.41, 5.74) is 4.52. The molecule has 1 N–H and O–H groups in total. The van der Waals surface area contributed by atoms with E-state index < -0.39 is 0 Å². The fourth-order valence-electron chi connectivity index (χ4n) is 2.73. The van der Waals surface area contributed by atoms with E-state index in [-0.39, 0.29) is 18.3 Å². The zero-order valence-corrected chi connectivity index (χ0v) is 16.8. The molecular formula is C23H22N2O5. The molecule has 154 valence electrons. The van der Waals surface area contributed by atoms with Crippen molar-refractivity contribution >= 4 is 18.1 Å². The van der Waals surface area contributed by atoms with Crippen LogP contribution in [0.15, 0.2) is 70.2 Å². The summed E-state index contributed by atoms with van der Waals surface area (Å²) in [6.07, 6.45) is 1.62. The Hall–Kier alpha value is -3.87. The number of furan rings is 1. The zero-order valence-electron chi connectivity index (χ0n) is 16.8. The monoisotopic (exact) mass is 406 g/mol. The number of carbonyl (C=O) groups is 2. The average Bonchev–Trinajstić information content (AvgIpc) is 3.23. The van der Waals surface area contributed by atoms with E-state index in [0.29, 0.717) is 23.7 Å². The Labute approximate surface area is 174 Å². The highest BCUT2D eigenvalue weighted by atomic mass is 16.5. The van der Waals surface area contributed by atoms with E-state index in [1.165, 1.54) is 6.21 Å². The lowest BCUT2D eigenvalue weighted by Gasteiger charge is -2.03. The Morgan fingerprint density at radius 2 is 1.90 bits per heavy atom. The van der Waals surface area contributed by atoms with Gasteiger partial charge in [0.1, 0.15) is 17.3 Å². The summed E-state index contributed by atoms with van der Waals surface area (Å²) in [7, 11) is 1.59. The van der Waals surface area contributed by atoms with Gasteiger partial charge >= 0.3 is 5.97 Å². The van der Waals surface area contributed by atoms with Crippen molar-refractivity contribution in [2.24, 2.45) is 5.10 Å². The molecule has 0 atom stereocenters. The number of amides is 1. The minimum absolute atomic E-state index is 0.200. The largest absolute Gasteiger partial charge is 0.497 e. The minimum Gasteiger partial charge on any atom is -0.497 e. The van der Waals surface area contributed by atoms with Crippen molar-refractivity contribution in [2.45, 2.75) is 13.3 Å². The van der Waals surface area contributed by atoms with Crippen molar-refractivity contribution in [1.82, 2.24) is 5.43 Å². The highest BCUT2D eigenvalue weighted by Crippen LogP contribution is 2.23. The Morgan fingerprint density at radius 3 is 2.63 bits per heavy atom. The number of hydrazone groups is 1. The molecule has 2 aromatic carbocycles. The molecule has 1 aromatic heterocycles. The molecule has 0 unspecified atom stereocenters. The van der Waals surface area contributed by atoms with Gasteiger partial charge in [-0.2, -0.15) is 5.10 Å². The van der Waals surface area contributed by atoms with Gasteiger partial charge in [-0.1, -0.05) is 24.3 Å². The molecule has 0 fully saturated rings. The number of carbonyl (C=O) groups excluding carboxylic acids is 2. The van der Waals surface area contributed by atoms with Gasteiger partial charge < -0.3 is 13.9 Å². The van der Waals surface area contributed by atoms with Gasteiger partial charge in [0.05, 0.1) is 31.9 Å². The van der Waals surface area contributed by atoms with Crippen LogP contribution in [0, 0.1) is 0 Å². The van der Waals surface area contributed by atoms with Crippen LogP contribution in [0.1, 0.15) is 28.6 Å². The van der Waals surface area contributed by atoms with Gasteiger partial charge in [0.2, 0.25) is 5.91 Å². The van der Waals surface area contributed by atoms with Crippen LogP contribution in [0.5, 0.6) is 5.75 Å². The summed E-state index contributed by atoms with van der Waals surface area (Å²) in [5, 5.41) is 3.93. The summed E-state index contributed by atoms with van der Waals surface area (Å²) in [5.74, 6) is 1.15. The predicted molar refractivity (Wildman–Crippen MR) is 113 cm³/mol. The Bertz CT molecular complexity index is 1040. The van der Waals surface area contributed by atoms with Crippen LogP contribution in [0.25, 0.3) is 11.3 Å². The molecule has 0 bridgehead atoms. The number of hydrogen-bond acceptors (Lipinski definition) is 6. The molecule has 7 heteroatoms. The number of ether oxygens (including phenoxy) is 2. The third-order valence-corrected chi connectivity index (χ3v) is 4.19. The molecule has 0 aliphatic heterocycles. The molecule has 3 rings (SSSR count). The fourth-order valence-corrected chi connectivity index (χ4v) is 2.73. The number of hydrogen-bond donors (Lipinski definition) is 1. The van der Waals surface area contributed by atoms with E-state index in [0.717, 1.165) is 16.9 Å². The summed E-state index contributed by atoms with van der Waals surface area (Å²) in [4.78, 5) is 23.9. The second-order valence-corrected chi connectivity index (χ2v) is 6.32. The molecule has 0 aliphatic rings. The molecule has 0 spiro atoms. The smallest absolute Gasteiger partial charge is 0.338 e. The van der Waals surface area contributed by atoms with E-state index >= 15 is 0 Å². The highest BCUT2D eigenvalue weighted by molar-refractivity contribution is 5.91. The molecule has 0 radical (unpaired) electrons. The second kappa shape index (κ2) is 10.1. The zero-order chi connectivity index (χ0) is 21.3. The summed E-state index contributed by atoms with van der Waals surface area (Å²) in [6, 6.07) is 17.7. The second-order valence-electron chi connectivity index (χ2n) is 6.32. The number of methoxy groups -OCH3 is 1. The van der Waals surface area contributed by atoms with E-state index in [2.05, 4.69) is 10.5 Å². The summed E-state index contributed by atoms with van der Waals surface area (Å²) >= 11 is 0. The number of rotatable bonds is 8. The van der Waals surface area contributed by atoms with Crippen LogP contribution in [0.2, 0.25) is 0 Å². The maximum absolute atomic E-state index is 12.0. The van der Waals surface area contributed by atoms with Crippen molar-refractivity contribution in [3.8, 4) is 17.1 Å². The van der Waals surface area contributed by atoms with E-state index in [1.807, 2.05) is 18.2 Å². The molecular weight excluding hydrogens is 384 g/mol. The van der Waals surface area contributed by atoms with Gasteiger partial charge in [-0.15, -0.1) is 0 Å². The number of nitrogens with one attached hydrogen (secondary N) is 1. The predicted octanol–water partition coefficient (Wildman–Crippen LogP) is 3.82. The van der Waals surface area contributed by atoms with Gasteiger partial charge in [0.25, 0.3) is 0 Å². The molecule has 1 amide bonds. The molecule has 0 saturated carbocycles. The fraction of sp³-hybridized carbons (Fsp3) is 0.174. The lowest BCUT2D eigenvalue weighted by atomic mass is 10.1. The summed E-state index contributed by atoms with van der Waals surface area (Å²) in [6.45, 7) is 2.07. The minimum atomic E-state index is -0.382. The SMILES string of the molecule is CCOC(=O)c1cccc(-c2ccc(/C=N\NC(=O)Cc3ccc(OC)cc3)o2)c1. The third-order valence-electron chi connectivity index (χ3n) is 4.19. The van der Waals surface area contributed by atoms with Crippen molar-refractivity contribution in [3.05, 3.63) is 77.6 Å². The van der Waals surface area contributed by atoms with Gasteiger partial charge in [-0.25, -0.2) is 10.2 Å². The Balaban J connectivity index is 1.58. The molecule has 0 saturated heterocycles. The quantitative estimate of drug-likeness (QED) is 0.349. The van der Waals surface area contributed by atoms with Gasteiger partial charge in [-0.05, 0) is 48.9 Å². The Morgan fingerprint density at radius 1 is 1.10 bits per heavy atom. The van der Waals surface area contributed by atoms with Gasteiger partial charge in [-0.3, -0.25) is 4.79 Å². The first-order valence-electron chi connectivity index (χ1n) is 9.41. The van der Waals surface area contributed by atoms with Crippen LogP contribution in [-0.2, 0) is 16.0 Å². The summed E-state index contributed by atoms with van der Waals surface area (Å²) < 4.78 is 15.8. The average molecular weight is 406 g/mol. The van der Waals surface area contributed by atoms with Crippen LogP contribution >= 0.6 is 0 Å². The maximum Gasteiger partial charge on any atom is 0.338 e. The van der Waals surface area contributed by atoms with Gasteiger partial charge in [0.15, 0.2) is 0 Å². The molecule has 0 aliphatic carbocycles. The highest BCUT2D eigenvalue weighted by Gasteiger charge is 2.10. The van der Waals surface area contributed by atoms with Crippen LogP contribution in [0.3, 0.4) is 0 Å². The molecule has 3 aromatic rings. The standard InChI is InChI=1S/C23H22N2O5/c1-3-29-23(27)18-6-4-5-17(14-18)21-12-11-20(30-21)15-24-25-22(26)13-16-7-9-19(28-2)10-8-16/h4-12,14-15H,3,13H2,1-2H3,(H,25,26)/b24-15-. The first kappa shape index (κ1) is 20.9. The van der Waals surface area contributed by atoms with Crippen molar-refractivity contribution in [3.63, 3.8) is 0 Å². The van der Waals surface area contributed by atoms with Crippen LogP contribution in [0.4, 0.5) is 0 Å². The number of esters is 1. The van der Waals surface area contributed by atoms with E-state index in [9.17, 15) is 9.59 Å². The van der Waals surface area contributed by atoms with E-state index in [1.54, 1.807) is 56.5 Å². The maximum atomic E-state index is 12.0. The first-order chi connectivity index (χ1) is 14.6. The normalized spacial score (nSPS) is 10.7. The molecule has 1 heterocycles. The Kier molecular flexibility index (Phi) is 7.00. The van der Waals surface area contributed by atoms with Crippen LogP contribution in [-0.4, -0.2) is 31.8 Å². The number of nitrogens with zero attached hydrogens (tertiary/aromatic N) is 1. The van der Waals surface area contributed by atoms with Gasteiger partial charge in [0, 0.05) is 5.56 Å². The lowest BCUT2D eigenvalue weighted by molar-refractivity contribution is -0.120. The lowest BCUT2D eigenvalue weighted by Crippen LogP contribution is -2.19. The first-order valence-corrected chi connectivity index (χ1v) is 9.41. The topological polar surface area (TPSA) is 90.1 Å². The van der Waals surface area contributed by atoms with Crippen molar-refractivity contribution in [2.75, 3.05) is 13.7 Å².